The zero-order chi connectivity index (χ0) is 4.28. The third-order valence-corrected chi connectivity index (χ3v) is 0.428. The maximum Gasteiger partial charge on any atom is 0.301 e. The van der Waals surface area contributed by atoms with Crippen LogP contribution in [-0.2, 0) is 32.6 Å². The second kappa shape index (κ2) is 5.59. The molecule has 0 aliphatic rings. The molecule has 0 bridgehead atoms. The van der Waals surface area contributed by atoms with Crippen molar-refractivity contribution in [2.45, 2.75) is 0 Å². The zero-order valence-electron chi connectivity index (χ0n) is 3.03. The van der Waals surface area contributed by atoms with Gasteiger partial charge in [-0.15, -0.1) is 0 Å². The van der Waals surface area contributed by atoms with Gasteiger partial charge in [-0.05, 0) is 0 Å². The van der Waals surface area contributed by atoms with Crippen LogP contribution < -0.4 is 0 Å². The molecule has 0 rings (SSSR count). The number of rotatable bonds is 1. The minimum atomic E-state index is -2.07. The number of hydrogen-bond acceptors (Lipinski definition) is 2. The van der Waals surface area contributed by atoms with Crippen molar-refractivity contribution in [3.05, 3.63) is 0 Å². The standard InChI is InChI=1S/CH4O3S.Fe/c1-4-5(2)3;/h1H3,(H,2,3);. The van der Waals surface area contributed by atoms with E-state index in [9.17, 15) is 4.21 Å². The molecular formula is CH4FeO3S. The van der Waals surface area contributed by atoms with E-state index < -0.39 is 11.4 Å². The molecule has 0 spiro atoms. The molecule has 0 amide bonds. The summed E-state index contributed by atoms with van der Waals surface area (Å²) in [5.74, 6) is 0. The normalized spacial score (nSPS) is 12.3. The summed E-state index contributed by atoms with van der Waals surface area (Å²) in [6.45, 7) is 0. The Labute approximate surface area is 49.0 Å². The molecule has 0 saturated heterocycles. The summed E-state index contributed by atoms with van der Waals surface area (Å²) in [5, 5.41) is 0. The maximum absolute atomic E-state index is 9.26. The molecule has 0 aliphatic heterocycles. The van der Waals surface area contributed by atoms with Gasteiger partial charge >= 0.3 is 11.4 Å². The minimum Gasteiger partial charge on any atom is -0.284 e. The Morgan fingerprint density at radius 2 is 2.00 bits per heavy atom. The van der Waals surface area contributed by atoms with Crippen LogP contribution in [0.2, 0.25) is 0 Å². The van der Waals surface area contributed by atoms with Crippen molar-refractivity contribution in [1.29, 1.82) is 0 Å². The molecule has 40 valence electrons. The molecule has 1 unspecified atom stereocenters. The Bertz CT molecular complexity index is 46.1. The van der Waals surface area contributed by atoms with Crippen molar-refractivity contribution < 1.29 is 30.0 Å². The van der Waals surface area contributed by atoms with E-state index in [1.54, 1.807) is 0 Å². The van der Waals surface area contributed by atoms with Crippen molar-refractivity contribution in [3.63, 3.8) is 0 Å². The van der Waals surface area contributed by atoms with Gasteiger partial charge in [0.25, 0.3) is 0 Å². The van der Waals surface area contributed by atoms with E-state index in [4.69, 9.17) is 4.55 Å². The Kier molecular flexibility index (Phi) is 9.11. The summed E-state index contributed by atoms with van der Waals surface area (Å²) in [6, 6.07) is 0. The van der Waals surface area contributed by atoms with Crippen molar-refractivity contribution in [2.24, 2.45) is 0 Å². The fourth-order valence-corrected chi connectivity index (χ4v) is 0. The summed E-state index contributed by atoms with van der Waals surface area (Å²) in [7, 11) is 1.15. The average Bonchev–Trinajstić information content (AvgIpc) is 1.38. The quantitative estimate of drug-likeness (QED) is 0.416. The van der Waals surface area contributed by atoms with E-state index in [1.807, 2.05) is 0 Å². The van der Waals surface area contributed by atoms with Gasteiger partial charge < -0.3 is 0 Å². The van der Waals surface area contributed by atoms with Gasteiger partial charge in [0.2, 0.25) is 0 Å². The molecule has 0 radical (unpaired) electrons. The van der Waals surface area contributed by atoms with Gasteiger partial charge in [0.1, 0.15) is 0 Å². The Balaban J connectivity index is 0. The zero-order valence-corrected chi connectivity index (χ0v) is 4.95. The van der Waals surface area contributed by atoms with Crippen LogP contribution in [0, 0.1) is 0 Å². The summed E-state index contributed by atoms with van der Waals surface area (Å²) in [5.41, 5.74) is 0. The fraction of sp³-hybridized carbons (Fsp3) is 1.00. The molecule has 0 saturated carbocycles. The largest absolute Gasteiger partial charge is 0.301 e. The van der Waals surface area contributed by atoms with E-state index in [-0.39, 0.29) is 17.1 Å². The van der Waals surface area contributed by atoms with E-state index >= 15 is 0 Å². The molecule has 0 aliphatic carbocycles. The molecule has 0 aromatic carbocycles. The first-order valence-corrected chi connectivity index (χ1v) is 1.96. The van der Waals surface area contributed by atoms with E-state index in [0.717, 1.165) is 7.11 Å². The molecular weight excluding hydrogens is 148 g/mol. The van der Waals surface area contributed by atoms with Gasteiger partial charge in [0.05, 0.1) is 7.11 Å². The molecule has 1 atom stereocenters. The van der Waals surface area contributed by atoms with Crippen LogP contribution in [0.5, 0.6) is 0 Å². The topological polar surface area (TPSA) is 46.5 Å². The van der Waals surface area contributed by atoms with Crippen LogP contribution in [-0.4, -0.2) is 15.9 Å². The second-order valence-corrected chi connectivity index (χ2v) is 1.15. The average molecular weight is 152 g/mol. The molecule has 0 fully saturated rings. The Hall–Kier alpha value is 0.589. The van der Waals surface area contributed by atoms with Gasteiger partial charge in [-0.1, -0.05) is 0 Å². The van der Waals surface area contributed by atoms with E-state index in [1.165, 1.54) is 0 Å². The van der Waals surface area contributed by atoms with Gasteiger partial charge in [0, 0.05) is 17.1 Å². The first-order valence-electron chi connectivity index (χ1n) is 0.924. The molecule has 0 aromatic heterocycles. The molecule has 6 heavy (non-hydrogen) atoms. The smallest absolute Gasteiger partial charge is 0.284 e. The molecule has 1 N–H and O–H groups in total. The van der Waals surface area contributed by atoms with Crippen molar-refractivity contribution in [1.82, 2.24) is 0 Å². The predicted octanol–water partition coefficient (Wildman–Crippen LogP) is -0.233. The molecule has 0 aromatic rings. The third kappa shape index (κ3) is 8.82. The monoisotopic (exact) mass is 152 g/mol. The van der Waals surface area contributed by atoms with Crippen molar-refractivity contribution in [2.75, 3.05) is 7.11 Å². The third-order valence-electron chi connectivity index (χ3n) is 0.143. The molecule has 0 heterocycles. The van der Waals surface area contributed by atoms with Gasteiger partial charge in [0.15, 0.2) is 0 Å². The first kappa shape index (κ1) is 9.77. The van der Waals surface area contributed by atoms with Crippen LogP contribution in [0.25, 0.3) is 0 Å². The maximum atomic E-state index is 9.26. The van der Waals surface area contributed by atoms with Gasteiger partial charge in [-0.3, -0.25) is 8.74 Å². The van der Waals surface area contributed by atoms with Crippen LogP contribution in [0.4, 0.5) is 0 Å². The van der Waals surface area contributed by atoms with Crippen molar-refractivity contribution >= 4 is 11.4 Å². The number of hydrogen-bond donors (Lipinski definition) is 1. The fourth-order valence-electron chi connectivity index (χ4n) is 0. The molecule has 5 heteroatoms. The van der Waals surface area contributed by atoms with Gasteiger partial charge in [-0.25, -0.2) is 0 Å². The SMILES string of the molecule is COS(=O)O.[Fe]. The summed E-state index contributed by atoms with van der Waals surface area (Å²) < 4.78 is 20.6. The van der Waals surface area contributed by atoms with Crippen LogP contribution in [0.15, 0.2) is 0 Å². The summed E-state index contributed by atoms with van der Waals surface area (Å²) in [4.78, 5) is 0. The van der Waals surface area contributed by atoms with Crippen molar-refractivity contribution in [3.8, 4) is 0 Å². The van der Waals surface area contributed by atoms with E-state index in [0.29, 0.717) is 0 Å². The minimum absolute atomic E-state index is 0. The summed E-state index contributed by atoms with van der Waals surface area (Å²) in [6.07, 6.45) is 0. The second-order valence-electron chi connectivity index (χ2n) is 0.384. The predicted molar refractivity (Wildman–Crippen MR) is 17.8 cm³/mol. The van der Waals surface area contributed by atoms with Crippen LogP contribution in [0.1, 0.15) is 0 Å². The molecule has 3 nitrogen and oxygen atoms in total. The van der Waals surface area contributed by atoms with E-state index in [2.05, 4.69) is 4.18 Å². The first-order chi connectivity index (χ1) is 2.27. The Morgan fingerprint density at radius 3 is 2.00 bits per heavy atom. The van der Waals surface area contributed by atoms with Gasteiger partial charge in [-0.2, -0.15) is 4.21 Å². The van der Waals surface area contributed by atoms with Crippen LogP contribution in [0.3, 0.4) is 0 Å². The Morgan fingerprint density at radius 1 is 1.83 bits per heavy atom. The summed E-state index contributed by atoms with van der Waals surface area (Å²) >= 11 is -2.07. The van der Waals surface area contributed by atoms with Crippen LogP contribution >= 0.6 is 0 Å².